The maximum atomic E-state index is 12.6. The highest BCUT2D eigenvalue weighted by Crippen LogP contribution is 2.37. The van der Waals surface area contributed by atoms with Crippen molar-refractivity contribution in [1.29, 1.82) is 0 Å². The van der Waals surface area contributed by atoms with Crippen LogP contribution in [0.25, 0.3) is 6.08 Å². The van der Waals surface area contributed by atoms with Crippen LogP contribution in [-0.4, -0.2) is 34.9 Å². The van der Waals surface area contributed by atoms with Crippen LogP contribution in [0.2, 0.25) is 0 Å². The normalized spacial score (nSPS) is 14.5. The molecule has 0 fully saturated rings. The van der Waals surface area contributed by atoms with E-state index in [1.165, 1.54) is 0 Å². The molecule has 6 heteroatoms. The van der Waals surface area contributed by atoms with Gasteiger partial charge in [-0.3, -0.25) is 4.72 Å². The molecule has 1 aliphatic heterocycles. The van der Waals surface area contributed by atoms with Gasteiger partial charge in [-0.05, 0) is 18.6 Å². The summed E-state index contributed by atoms with van der Waals surface area (Å²) in [6.07, 6.45) is 10.9. The number of hydrogen-bond acceptors (Lipinski definition) is 4. The van der Waals surface area contributed by atoms with E-state index in [-0.39, 0.29) is 5.75 Å². The Labute approximate surface area is 150 Å². The van der Waals surface area contributed by atoms with Gasteiger partial charge in [0.25, 0.3) is 0 Å². The quantitative estimate of drug-likeness (QED) is 0.755. The molecule has 0 saturated carbocycles. The van der Waals surface area contributed by atoms with E-state index in [0.717, 1.165) is 11.3 Å². The largest absolute Gasteiger partial charge is 0.497 e. The van der Waals surface area contributed by atoms with Crippen LogP contribution >= 0.6 is 0 Å². The van der Waals surface area contributed by atoms with Gasteiger partial charge in [0.15, 0.2) is 0 Å². The van der Waals surface area contributed by atoms with E-state index in [4.69, 9.17) is 4.74 Å². The molecule has 1 heterocycles. The first-order chi connectivity index (χ1) is 11.9. The van der Waals surface area contributed by atoms with Gasteiger partial charge in [-0.2, -0.15) is 0 Å². The maximum absolute atomic E-state index is 12.6. The van der Waals surface area contributed by atoms with Crippen molar-refractivity contribution < 1.29 is 13.2 Å². The first-order valence-electron chi connectivity index (χ1n) is 7.94. The molecule has 0 amide bonds. The molecule has 0 aromatic heterocycles. The average Bonchev–Trinajstić information content (AvgIpc) is 2.57. The molecule has 1 aromatic rings. The Morgan fingerprint density at radius 1 is 1.44 bits per heavy atom. The smallest absolute Gasteiger partial charge is 0.236 e. The molecular weight excluding hydrogens is 336 g/mol. The number of benzene rings is 1. The van der Waals surface area contributed by atoms with Crippen LogP contribution in [0.4, 0.5) is 11.4 Å². The Morgan fingerprint density at radius 3 is 2.84 bits per heavy atom. The molecule has 0 atom stereocenters. The average molecular weight is 360 g/mol. The Kier molecular flexibility index (Phi) is 6.09. The van der Waals surface area contributed by atoms with Crippen LogP contribution in [0.5, 0.6) is 5.75 Å². The topological polar surface area (TPSA) is 58.6 Å². The number of rotatable bonds is 7. The number of allylic oxidation sites excluding steroid dienone is 4. The summed E-state index contributed by atoms with van der Waals surface area (Å²) in [6, 6.07) is 3.59. The fourth-order valence-corrected chi connectivity index (χ4v) is 3.84. The number of sulfonamides is 1. The highest BCUT2D eigenvalue weighted by Gasteiger charge is 2.20. The number of fused-ring (bicyclic) bond motifs is 1. The van der Waals surface area contributed by atoms with Crippen molar-refractivity contribution in [2.75, 3.05) is 36.1 Å². The van der Waals surface area contributed by atoms with Gasteiger partial charge < -0.3 is 9.64 Å². The molecular formula is C19H24N2O3S. The predicted octanol–water partition coefficient (Wildman–Crippen LogP) is 3.59. The standard InChI is InChI=1S/C19H24N2O3S/c1-5-7-9-15(6-2)14-25(22,23)20-18-13-17(24-4)12-16-10-8-11-21(3)19(16)18/h5-10,12-13,20H,2,11,14H2,1,3-4H3/b7-5-,15-9+. The molecule has 2 rings (SSSR count). The summed E-state index contributed by atoms with van der Waals surface area (Å²) in [5.41, 5.74) is 2.88. The van der Waals surface area contributed by atoms with E-state index in [1.807, 2.05) is 43.2 Å². The molecule has 0 bridgehead atoms. The highest BCUT2D eigenvalue weighted by molar-refractivity contribution is 7.92. The summed E-state index contributed by atoms with van der Waals surface area (Å²) in [7, 11) is -0.102. The second kappa shape index (κ2) is 8.07. The second-order valence-electron chi connectivity index (χ2n) is 5.73. The monoisotopic (exact) mass is 360 g/mol. The van der Waals surface area contributed by atoms with Crippen LogP contribution in [0.15, 0.2) is 54.7 Å². The fraction of sp³-hybridized carbons (Fsp3) is 0.263. The Bertz CT molecular complexity index is 836. The Morgan fingerprint density at radius 2 is 2.20 bits per heavy atom. The lowest BCUT2D eigenvalue weighted by molar-refractivity contribution is 0.415. The molecule has 0 radical (unpaired) electrons. The van der Waals surface area contributed by atoms with Crippen molar-refractivity contribution >= 4 is 27.5 Å². The number of likely N-dealkylation sites (N-methyl/N-ethyl adjacent to an activating group) is 1. The van der Waals surface area contributed by atoms with Gasteiger partial charge in [0.2, 0.25) is 10.0 Å². The number of anilines is 2. The SMILES string of the molecule is C=C/C(=C\C=C/C)CS(=O)(=O)Nc1cc(OC)cc2c1N(C)CC=C2. The van der Waals surface area contributed by atoms with Gasteiger partial charge in [0, 0.05) is 25.2 Å². The lowest BCUT2D eigenvalue weighted by Gasteiger charge is -2.27. The Balaban J connectivity index is 2.39. The van der Waals surface area contributed by atoms with Crippen LogP contribution in [0, 0.1) is 0 Å². The van der Waals surface area contributed by atoms with Crippen molar-refractivity contribution in [3.8, 4) is 5.75 Å². The number of ether oxygens (including phenoxy) is 1. The lowest BCUT2D eigenvalue weighted by Crippen LogP contribution is -2.24. The van der Waals surface area contributed by atoms with Crippen molar-refractivity contribution in [2.24, 2.45) is 0 Å². The number of methoxy groups -OCH3 is 1. The molecule has 0 aliphatic carbocycles. The van der Waals surface area contributed by atoms with E-state index in [9.17, 15) is 8.42 Å². The van der Waals surface area contributed by atoms with E-state index in [2.05, 4.69) is 11.3 Å². The zero-order valence-corrected chi connectivity index (χ0v) is 15.6. The van der Waals surface area contributed by atoms with Crippen molar-refractivity contribution in [2.45, 2.75) is 6.92 Å². The first-order valence-corrected chi connectivity index (χ1v) is 9.60. The summed E-state index contributed by atoms with van der Waals surface area (Å²) in [5, 5.41) is 0. The van der Waals surface area contributed by atoms with Crippen molar-refractivity contribution in [1.82, 2.24) is 0 Å². The molecule has 1 N–H and O–H groups in total. The zero-order valence-electron chi connectivity index (χ0n) is 14.8. The zero-order chi connectivity index (χ0) is 18.4. The van der Waals surface area contributed by atoms with Crippen molar-refractivity contribution in [3.63, 3.8) is 0 Å². The molecule has 1 aliphatic rings. The molecule has 1 aromatic carbocycles. The summed E-state index contributed by atoms with van der Waals surface area (Å²) in [6.45, 7) is 6.27. The van der Waals surface area contributed by atoms with Gasteiger partial charge in [-0.1, -0.05) is 43.0 Å². The summed E-state index contributed by atoms with van der Waals surface area (Å²) in [4.78, 5) is 2.00. The predicted molar refractivity (Wildman–Crippen MR) is 106 cm³/mol. The minimum Gasteiger partial charge on any atom is -0.497 e. The fourth-order valence-electron chi connectivity index (χ4n) is 2.63. The van der Waals surface area contributed by atoms with Crippen LogP contribution < -0.4 is 14.4 Å². The minimum absolute atomic E-state index is 0.146. The molecule has 0 saturated heterocycles. The third-order valence-electron chi connectivity index (χ3n) is 3.79. The van der Waals surface area contributed by atoms with E-state index < -0.39 is 10.0 Å². The minimum atomic E-state index is -3.59. The van der Waals surface area contributed by atoms with Gasteiger partial charge >= 0.3 is 0 Å². The van der Waals surface area contributed by atoms with E-state index >= 15 is 0 Å². The Hall–Kier alpha value is -2.47. The summed E-state index contributed by atoms with van der Waals surface area (Å²) < 4.78 is 33.2. The maximum Gasteiger partial charge on any atom is 0.236 e. The van der Waals surface area contributed by atoms with Gasteiger partial charge in [-0.25, -0.2) is 8.42 Å². The number of nitrogens with one attached hydrogen (secondary N) is 1. The van der Waals surface area contributed by atoms with Gasteiger partial charge in [0.1, 0.15) is 5.75 Å². The van der Waals surface area contributed by atoms with Crippen LogP contribution in [0.1, 0.15) is 12.5 Å². The molecule has 5 nitrogen and oxygen atoms in total. The molecule has 134 valence electrons. The third-order valence-corrected chi connectivity index (χ3v) is 5.04. The lowest BCUT2D eigenvalue weighted by atomic mass is 10.1. The molecule has 0 unspecified atom stereocenters. The van der Waals surface area contributed by atoms with Crippen LogP contribution in [0.3, 0.4) is 0 Å². The molecule has 25 heavy (non-hydrogen) atoms. The van der Waals surface area contributed by atoms with E-state index in [1.54, 1.807) is 31.4 Å². The summed E-state index contributed by atoms with van der Waals surface area (Å²) in [5.74, 6) is 0.455. The second-order valence-corrected chi connectivity index (χ2v) is 7.45. The van der Waals surface area contributed by atoms with Crippen molar-refractivity contribution in [3.05, 3.63) is 60.2 Å². The van der Waals surface area contributed by atoms with Gasteiger partial charge in [-0.15, -0.1) is 0 Å². The molecule has 0 spiro atoms. The van der Waals surface area contributed by atoms with Gasteiger partial charge in [0.05, 0.1) is 24.2 Å². The first kappa shape index (κ1) is 18.9. The highest BCUT2D eigenvalue weighted by atomic mass is 32.2. The number of nitrogens with zero attached hydrogens (tertiary/aromatic N) is 1. The third kappa shape index (κ3) is 4.76. The summed E-state index contributed by atoms with van der Waals surface area (Å²) >= 11 is 0. The van der Waals surface area contributed by atoms with Crippen LogP contribution in [-0.2, 0) is 10.0 Å². The number of hydrogen-bond donors (Lipinski definition) is 1. The van der Waals surface area contributed by atoms with E-state index in [0.29, 0.717) is 23.6 Å².